The van der Waals surface area contributed by atoms with Crippen LogP contribution in [-0.4, -0.2) is 21.8 Å². The first-order valence-electron chi connectivity index (χ1n) is 7.09. The molecule has 106 valence electrons. The first-order chi connectivity index (χ1) is 8.88. The molecule has 1 fully saturated rings. The Hall–Kier alpha value is -0.670. The molecule has 3 heteroatoms. The lowest BCUT2D eigenvalue weighted by molar-refractivity contribution is 0.573. The number of rotatable bonds is 1. The molecule has 0 spiro atoms. The molecular formula is C16H25NOS. The summed E-state index contributed by atoms with van der Waals surface area (Å²) < 4.78 is 12.1. The Bertz CT molecular complexity index is 447. The summed E-state index contributed by atoms with van der Waals surface area (Å²) in [6, 6.07) is 9.01. The van der Waals surface area contributed by atoms with Gasteiger partial charge in [0.05, 0.1) is 0 Å². The van der Waals surface area contributed by atoms with Gasteiger partial charge in [-0.2, -0.15) is 0 Å². The van der Waals surface area contributed by atoms with E-state index in [1.807, 2.05) is 0 Å². The third-order valence-corrected chi connectivity index (χ3v) is 5.70. The van der Waals surface area contributed by atoms with Crippen molar-refractivity contribution < 1.29 is 4.21 Å². The van der Waals surface area contributed by atoms with E-state index in [9.17, 15) is 4.21 Å². The van der Waals surface area contributed by atoms with Gasteiger partial charge in [0, 0.05) is 27.8 Å². The minimum atomic E-state index is -0.718. The zero-order chi connectivity index (χ0) is 14.0. The van der Waals surface area contributed by atoms with Gasteiger partial charge in [-0.15, -0.1) is 0 Å². The van der Waals surface area contributed by atoms with Crippen molar-refractivity contribution in [3.05, 3.63) is 35.4 Å². The molecule has 1 saturated heterocycles. The second kappa shape index (κ2) is 5.76. The van der Waals surface area contributed by atoms with E-state index in [0.29, 0.717) is 5.25 Å². The average Bonchev–Trinajstić information content (AvgIpc) is 2.51. The van der Waals surface area contributed by atoms with E-state index in [4.69, 9.17) is 0 Å². The zero-order valence-corrected chi connectivity index (χ0v) is 13.2. The molecule has 0 bridgehead atoms. The van der Waals surface area contributed by atoms with Gasteiger partial charge in [-0.05, 0) is 29.5 Å². The lowest BCUT2D eigenvalue weighted by Crippen LogP contribution is -2.24. The molecular weight excluding hydrogens is 254 g/mol. The van der Waals surface area contributed by atoms with E-state index < -0.39 is 10.8 Å². The lowest BCUT2D eigenvalue weighted by Gasteiger charge is -2.21. The van der Waals surface area contributed by atoms with E-state index in [-0.39, 0.29) is 11.5 Å². The second-order valence-corrected chi connectivity index (χ2v) is 8.42. The number of benzene rings is 1. The third-order valence-electron chi connectivity index (χ3n) is 3.90. The van der Waals surface area contributed by atoms with Crippen LogP contribution in [0.1, 0.15) is 51.3 Å². The van der Waals surface area contributed by atoms with Crippen LogP contribution < -0.4 is 5.32 Å². The normalized spacial score (nSPS) is 28.9. The molecule has 2 nitrogen and oxygen atoms in total. The Morgan fingerprint density at radius 2 is 1.84 bits per heavy atom. The number of nitrogens with one attached hydrogen (secondary N) is 1. The van der Waals surface area contributed by atoms with Gasteiger partial charge in [-0.25, -0.2) is 0 Å². The van der Waals surface area contributed by atoms with Crippen LogP contribution in [0, 0.1) is 0 Å². The van der Waals surface area contributed by atoms with Gasteiger partial charge >= 0.3 is 0 Å². The molecule has 0 saturated carbocycles. The van der Waals surface area contributed by atoms with Crippen molar-refractivity contribution in [2.24, 2.45) is 0 Å². The van der Waals surface area contributed by atoms with Crippen molar-refractivity contribution in [3.63, 3.8) is 0 Å². The Balaban J connectivity index is 2.16. The first-order valence-corrected chi connectivity index (χ1v) is 8.47. The van der Waals surface area contributed by atoms with Crippen LogP contribution in [0.15, 0.2) is 24.3 Å². The Kier molecular flexibility index (Phi) is 4.46. The summed E-state index contributed by atoms with van der Waals surface area (Å²) >= 11 is 0. The van der Waals surface area contributed by atoms with E-state index >= 15 is 0 Å². The van der Waals surface area contributed by atoms with E-state index in [0.717, 1.165) is 18.7 Å². The van der Waals surface area contributed by atoms with Gasteiger partial charge < -0.3 is 5.32 Å². The smallest absolute Gasteiger partial charge is 0.0436 e. The fraction of sp³-hybridized carbons (Fsp3) is 0.625. The van der Waals surface area contributed by atoms with Crippen molar-refractivity contribution >= 4 is 10.8 Å². The predicted molar refractivity (Wildman–Crippen MR) is 83.0 cm³/mol. The van der Waals surface area contributed by atoms with Crippen molar-refractivity contribution in [1.29, 1.82) is 0 Å². The van der Waals surface area contributed by atoms with Crippen molar-refractivity contribution in [1.82, 2.24) is 5.32 Å². The fourth-order valence-corrected chi connectivity index (χ4v) is 3.76. The molecule has 3 atom stereocenters. The van der Waals surface area contributed by atoms with Crippen molar-refractivity contribution in [2.45, 2.75) is 50.8 Å². The molecule has 2 rings (SSSR count). The van der Waals surface area contributed by atoms with Crippen LogP contribution in [0.2, 0.25) is 0 Å². The summed E-state index contributed by atoms with van der Waals surface area (Å²) in [4.78, 5) is 0. The van der Waals surface area contributed by atoms with E-state index in [1.54, 1.807) is 0 Å². The highest BCUT2D eigenvalue weighted by molar-refractivity contribution is 7.85. The minimum Gasteiger partial charge on any atom is -0.309 e. The molecule has 1 aliphatic rings. The lowest BCUT2D eigenvalue weighted by atomic mass is 9.86. The summed E-state index contributed by atoms with van der Waals surface area (Å²) in [5.41, 5.74) is 2.79. The quantitative estimate of drug-likeness (QED) is 0.855. The zero-order valence-electron chi connectivity index (χ0n) is 12.4. The molecule has 1 N–H and O–H groups in total. The highest BCUT2D eigenvalue weighted by atomic mass is 32.2. The van der Waals surface area contributed by atoms with Crippen LogP contribution in [0.3, 0.4) is 0 Å². The Morgan fingerprint density at radius 1 is 1.21 bits per heavy atom. The summed E-state index contributed by atoms with van der Waals surface area (Å²) in [5, 5.41) is 3.84. The van der Waals surface area contributed by atoms with Gasteiger partial charge in [0.2, 0.25) is 0 Å². The van der Waals surface area contributed by atoms with Crippen LogP contribution in [0.25, 0.3) is 0 Å². The average molecular weight is 279 g/mol. The maximum atomic E-state index is 12.1. The van der Waals surface area contributed by atoms with Gasteiger partial charge in [0.1, 0.15) is 0 Å². The SMILES string of the molecule is CC1CCNC(c2ccc(C(C)(C)C)cc2)CS1=O. The monoisotopic (exact) mass is 279 g/mol. The first kappa shape index (κ1) is 14.7. The van der Waals surface area contributed by atoms with Crippen molar-refractivity contribution in [2.75, 3.05) is 12.3 Å². The van der Waals surface area contributed by atoms with Crippen LogP contribution in [0.5, 0.6) is 0 Å². The largest absolute Gasteiger partial charge is 0.309 e. The topological polar surface area (TPSA) is 29.1 Å². The Labute approximate surface area is 119 Å². The molecule has 19 heavy (non-hydrogen) atoms. The molecule has 1 aliphatic heterocycles. The van der Waals surface area contributed by atoms with E-state index in [2.05, 4.69) is 57.3 Å². The maximum Gasteiger partial charge on any atom is 0.0436 e. The molecule has 3 unspecified atom stereocenters. The van der Waals surface area contributed by atoms with Gasteiger partial charge in [-0.3, -0.25) is 4.21 Å². The van der Waals surface area contributed by atoms with Crippen molar-refractivity contribution in [3.8, 4) is 0 Å². The van der Waals surface area contributed by atoms with Gasteiger partial charge in [0.15, 0.2) is 0 Å². The molecule has 0 amide bonds. The van der Waals surface area contributed by atoms with E-state index in [1.165, 1.54) is 11.1 Å². The highest BCUT2D eigenvalue weighted by Crippen LogP contribution is 2.25. The molecule has 1 aromatic rings. The predicted octanol–water partition coefficient (Wildman–Crippen LogP) is 3.16. The summed E-state index contributed by atoms with van der Waals surface area (Å²) in [7, 11) is -0.718. The van der Waals surface area contributed by atoms with Crippen LogP contribution in [0.4, 0.5) is 0 Å². The third kappa shape index (κ3) is 3.67. The second-order valence-electron chi connectivity index (χ2n) is 6.53. The van der Waals surface area contributed by atoms with Gasteiger partial charge in [-0.1, -0.05) is 52.0 Å². The standard InChI is InChI=1S/C16H25NOS/c1-12-9-10-17-15(11-19(12)18)13-5-7-14(8-6-13)16(2,3)4/h5-8,12,15,17H,9-11H2,1-4H3. The minimum absolute atomic E-state index is 0.187. The highest BCUT2D eigenvalue weighted by Gasteiger charge is 2.23. The number of hydrogen-bond acceptors (Lipinski definition) is 2. The molecule has 1 heterocycles. The summed E-state index contributed by atoms with van der Waals surface area (Å²) in [6.45, 7) is 9.72. The summed E-state index contributed by atoms with van der Waals surface area (Å²) in [5.74, 6) is 0.732. The maximum absolute atomic E-state index is 12.1. The molecule has 0 aliphatic carbocycles. The molecule has 0 aromatic heterocycles. The van der Waals surface area contributed by atoms with Gasteiger partial charge in [0.25, 0.3) is 0 Å². The molecule has 0 radical (unpaired) electrons. The number of hydrogen-bond donors (Lipinski definition) is 1. The van der Waals surface area contributed by atoms with Crippen LogP contribution in [-0.2, 0) is 16.2 Å². The Morgan fingerprint density at radius 3 is 2.42 bits per heavy atom. The summed E-state index contributed by atoms with van der Waals surface area (Å²) in [6.07, 6.45) is 1.00. The fourth-order valence-electron chi connectivity index (χ4n) is 2.41. The molecule has 1 aromatic carbocycles. The van der Waals surface area contributed by atoms with Crippen LogP contribution >= 0.6 is 0 Å².